The van der Waals surface area contributed by atoms with Crippen molar-refractivity contribution in [2.75, 3.05) is 6.61 Å². The smallest absolute Gasteiger partial charge is 0.410 e. The van der Waals surface area contributed by atoms with Crippen LogP contribution < -0.4 is 0 Å². The van der Waals surface area contributed by atoms with E-state index in [4.69, 9.17) is 9.16 Å². The second kappa shape index (κ2) is 9.23. The molecule has 0 radical (unpaired) electrons. The minimum atomic E-state index is -1.82. The maximum Gasteiger partial charge on any atom is 0.410 e. The number of rotatable bonds is 7. The van der Waals surface area contributed by atoms with Crippen molar-refractivity contribution in [3.8, 4) is 0 Å². The summed E-state index contributed by atoms with van der Waals surface area (Å²) in [5.41, 5.74) is 0.991. The second-order valence-corrected chi connectivity index (χ2v) is 15.1. The number of carbonyl (C=O) groups is 2. The van der Waals surface area contributed by atoms with Gasteiger partial charge in [-0.1, -0.05) is 51.1 Å². The first-order chi connectivity index (χ1) is 14.1. The van der Waals surface area contributed by atoms with Crippen LogP contribution in [0.3, 0.4) is 0 Å². The average Bonchev–Trinajstić information content (AvgIpc) is 2.95. The average molecular weight is 432 g/mol. The van der Waals surface area contributed by atoms with Crippen molar-refractivity contribution in [3.05, 3.63) is 35.9 Å². The predicted octanol–water partition coefficient (Wildman–Crippen LogP) is 5.55. The Morgan fingerprint density at radius 2 is 1.67 bits per heavy atom. The molecule has 1 aromatic rings. The van der Waals surface area contributed by atoms with Gasteiger partial charge in [0.15, 0.2) is 8.32 Å². The van der Waals surface area contributed by atoms with Crippen LogP contribution >= 0.6 is 0 Å². The van der Waals surface area contributed by atoms with E-state index in [9.17, 15) is 9.59 Å². The molecule has 2 aliphatic rings. The molecule has 166 valence electrons. The third kappa shape index (κ3) is 5.33. The Morgan fingerprint density at radius 1 is 1.07 bits per heavy atom. The van der Waals surface area contributed by atoms with Gasteiger partial charge in [-0.25, -0.2) is 4.79 Å². The van der Waals surface area contributed by atoms with Crippen LogP contribution in [0.5, 0.6) is 0 Å². The Morgan fingerprint density at radius 3 is 2.23 bits per heavy atom. The molecule has 2 aliphatic heterocycles. The fourth-order valence-corrected chi connectivity index (χ4v) is 5.40. The Hall–Kier alpha value is -1.66. The number of nitrogens with zero attached hydrogens (tertiary/aromatic N) is 1. The first-order valence-corrected chi connectivity index (χ1v) is 14.1. The van der Waals surface area contributed by atoms with Gasteiger partial charge in [0.25, 0.3) is 0 Å². The Balaban J connectivity index is 1.48. The molecule has 0 N–H and O–H groups in total. The molecular formula is C24H37NO4Si. The van der Waals surface area contributed by atoms with E-state index >= 15 is 0 Å². The summed E-state index contributed by atoms with van der Waals surface area (Å²) in [6.45, 7) is 11.9. The molecule has 5 nitrogen and oxygen atoms in total. The summed E-state index contributed by atoms with van der Waals surface area (Å²) in [7, 11) is -1.82. The molecule has 3 rings (SSSR count). The molecule has 1 aromatic carbocycles. The standard InChI is InChI=1S/C24H37NO4Si/c1-24(2,3)30(4,5)29-14-13-22(26)19-15-20-11-12-21(16-19)25(20)23(27)28-17-18-9-7-6-8-10-18/h6-10,19-21H,11-17H2,1-5H3. The maximum atomic E-state index is 12.8. The predicted molar refractivity (Wildman–Crippen MR) is 121 cm³/mol. The second-order valence-electron chi connectivity index (χ2n) is 10.3. The Bertz CT molecular complexity index is 729. The van der Waals surface area contributed by atoms with Crippen LogP contribution in [0.2, 0.25) is 18.1 Å². The molecule has 2 bridgehead atoms. The molecule has 1 amide bonds. The quantitative estimate of drug-likeness (QED) is 0.531. The lowest BCUT2D eigenvalue weighted by Crippen LogP contribution is -2.48. The SMILES string of the molecule is CC(C)(C)[Si](C)(C)OCCC(=O)C1CC2CCC(C1)N2C(=O)OCc1ccccc1. The number of ketones is 1. The lowest BCUT2D eigenvalue weighted by molar-refractivity contribution is -0.125. The van der Waals surface area contributed by atoms with Crippen molar-refractivity contribution in [1.29, 1.82) is 0 Å². The van der Waals surface area contributed by atoms with Crippen molar-refractivity contribution in [2.45, 2.75) is 89.7 Å². The van der Waals surface area contributed by atoms with E-state index in [-0.39, 0.29) is 29.1 Å². The van der Waals surface area contributed by atoms with Crippen LogP contribution in [0.1, 0.15) is 58.4 Å². The monoisotopic (exact) mass is 431 g/mol. The highest BCUT2D eigenvalue weighted by Gasteiger charge is 2.45. The van der Waals surface area contributed by atoms with Gasteiger partial charge in [0.1, 0.15) is 12.4 Å². The molecule has 0 aromatic heterocycles. The molecule has 0 spiro atoms. The molecule has 6 heteroatoms. The van der Waals surface area contributed by atoms with Crippen LogP contribution in [-0.2, 0) is 20.6 Å². The van der Waals surface area contributed by atoms with Crippen molar-refractivity contribution in [1.82, 2.24) is 4.90 Å². The first kappa shape index (κ1) is 23.0. The minimum Gasteiger partial charge on any atom is -0.445 e. The van der Waals surface area contributed by atoms with E-state index in [1.807, 2.05) is 35.2 Å². The molecular weight excluding hydrogens is 394 g/mol. The van der Waals surface area contributed by atoms with Gasteiger partial charge in [-0.15, -0.1) is 0 Å². The maximum absolute atomic E-state index is 12.8. The number of piperidine rings is 1. The molecule has 2 unspecified atom stereocenters. The normalized spacial score (nSPS) is 24.0. The Kier molecular flexibility index (Phi) is 7.08. The zero-order valence-corrected chi connectivity index (χ0v) is 20.1. The van der Waals surface area contributed by atoms with Crippen molar-refractivity contribution >= 4 is 20.2 Å². The molecule has 0 saturated carbocycles. The molecule has 0 aliphatic carbocycles. The van der Waals surface area contributed by atoms with Crippen LogP contribution in [0.4, 0.5) is 4.79 Å². The van der Waals surface area contributed by atoms with E-state index in [1.165, 1.54) is 0 Å². The van der Waals surface area contributed by atoms with E-state index in [2.05, 4.69) is 33.9 Å². The van der Waals surface area contributed by atoms with Crippen molar-refractivity contribution in [3.63, 3.8) is 0 Å². The number of hydrogen-bond acceptors (Lipinski definition) is 4. The fraction of sp³-hybridized carbons (Fsp3) is 0.667. The van der Waals surface area contributed by atoms with Crippen molar-refractivity contribution in [2.24, 2.45) is 5.92 Å². The number of Topliss-reactive ketones (excluding diaryl/α,β-unsaturated/α-hetero) is 1. The van der Waals surface area contributed by atoms with Crippen LogP contribution in [-0.4, -0.2) is 43.8 Å². The third-order valence-corrected chi connectivity index (χ3v) is 11.8. The van der Waals surface area contributed by atoms with E-state index in [0.29, 0.717) is 25.4 Å². The van der Waals surface area contributed by atoms with Gasteiger partial charge < -0.3 is 14.1 Å². The number of fused-ring (bicyclic) bond motifs is 2. The molecule has 2 atom stereocenters. The fourth-order valence-electron chi connectivity index (χ4n) is 4.36. The molecule has 2 saturated heterocycles. The summed E-state index contributed by atoms with van der Waals surface area (Å²) < 4.78 is 11.8. The van der Waals surface area contributed by atoms with Crippen LogP contribution in [0, 0.1) is 5.92 Å². The highest BCUT2D eigenvalue weighted by Crippen LogP contribution is 2.40. The van der Waals surface area contributed by atoms with E-state index in [1.54, 1.807) is 0 Å². The lowest BCUT2D eigenvalue weighted by atomic mass is 9.86. The first-order valence-electron chi connectivity index (χ1n) is 11.2. The number of hydrogen-bond donors (Lipinski definition) is 0. The van der Waals surface area contributed by atoms with Gasteiger partial charge in [-0.05, 0) is 49.4 Å². The number of carbonyl (C=O) groups excluding carboxylic acids is 2. The van der Waals surface area contributed by atoms with Gasteiger partial charge in [-0.3, -0.25) is 4.79 Å². The highest BCUT2D eigenvalue weighted by atomic mass is 28.4. The summed E-state index contributed by atoms with van der Waals surface area (Å²) in [5.74, 6) is 0.339. The molecule has 2 fully saturated rings. The van der Waals surface area contributed by atoms with E-state index in [0.717, 1.165) is 31.2 Å². The number of benzene rings is 1. The minimum absolute atomic E-state index is 0.0451. The van der Waals surface area contributed by atoms with Gasteiger partial charge >= 0.3 is 6.09 Å². The lowest BCUT2D eigenvalue weighted by Gasteiger charge is -2.38. The summed E-state index contributed by atoms with van der Waals surface area (Å²) in [5, 5.41) is 0.153. The van der Waals surface area contributed by atoms with E-state index < -0.39 is 8.32 Å². The Labute approximate surface area is 182 Å². The highest BCUT2D eigenvalue weighted by molar-refractivity contribution is 6.74. The summed E-state index contributed by atoms with van der Waals surface area (Å²) in [4.78, 5) is 27.4. The summed E-state index contributed by atoms with van der Waals surface area (Å²) in [6.07, 6.45) is 3.70. The van der Waals surface area contributed by atoms with Crippen LogP contribution in [0.15, 0.2) is 30.3 Å². The zero-order valence-electron chi connectivity index (χ0n) is 19.1. The van der Waals surface area contributed by atoms with Gasteiger partial charge in [-0.2, -0.15) is 0 Å². The summed E-state index contributed by atoms with van der Waals surface area (Å²) in [6, 6.07) is 10.0. The topological polar surface area (TPSA) is 55.8 Å². The van der Waals surface area contributed by atoms with Crippen LogP contribution in [0.25, 0.3) is 0 Å². The molecule has 30 heavy (non-hydrogen) atoms. The van der Waals surface area contributed by atoms with Gasteiger partial charge in [0.2, 0.25) is 0 Å². The summed E-state index contributed by atoms with van der Waals surface area (Å²) >= 11 is 0. The molecule has 2 heterocycles. The van der Waals surface area contributed by atoms with Gasteiger partial charge in [0, 0.05) is 31.0 Å². The number of amides is 1. The number of ether oxygens (including phenoxy) is 1. The largest absolute Gasteiger partial charge is 0.445 e. The van der Waals surface area contributed by atoms with Gasteiger partial charge in [0.05, 0.1) is 0 Å². The zero-order chi connectivity index (χ0) is 21.9. The van der Waals surface area contributed by atoms with Crippen molar-refractivity contribution < 1.29 is 18.8 Å². The third-order valence-electron chi connectivity index (χ3n) is 7.22.